The van der Waals surface area contributed by atoms with Crippen LogP contribution in [0.1, 0.15) is 39.5 Å². The summed E-state index contributed by atoms with van der Waals surface area (Å²) in [5, 5.41) is 0. The first-order valence-corrected chi connectivity index (χ1v) is 4.37. The molecule has 1 aliphatic rings. The van der Waals surface area contributed by atoms with Gasteiger partial charge in [0.05, 0.1) is 0 Å². The van der Waals surface area contributed by atoms with Crippen LogP contribution in [-0.4, -0.2) is 13.1 Å². The molecular formula is C8H20N2. The van der Waals surface area contributed by atoms with Crippen LogP contribution >= 0.6 is 0 Å². The third kappa shape index (κ3) is 7.92. The first-order valence-electron chi connectivity index (χ1n) is 4.37. The average Bonchev–Trinajstić information content (AvgIpc) is 2.44. The van der Waals surface area contributed by atoms with Gasteiger partial charge in [-0.25, -0.2) is 0 Å². The van der Waals surface area contributed by atoms with Crippen molar-refractivity contribution in [3.63, 3.8) is 0 Å². The second-order valence-electron chi connectivity index (χ2n) is 2.56. The summed E-state index contributed by atoms with van der Waals surface area (Å²) in [7, 11) is 0. The molecular weight excluding hydrogens is 124 g/mol. The van der Waals surface area contributed by atoms with Gasteiger partial charge in [0, 0.05) is 13.1 Å². The van der Waals surface area contributed by atoms with Crippen molar-refractivity contribution in [1.82, 2.24) is 10.9 Å². The van der Waals surface area contributed by atoms with Crippen LogP contribution in [0, 0.1) is 0 Å². The fourth-order valence-corrected chi connectivity index (χ4v) is 0.795. The third-order valence-corrected chi connectivity index (χ3v) is 1.44. The monoisotopic (exact) mass is 144 g/mol. The van der Waals surface area contributed by atoms with Gasteiger partial charge in [-0.1, -0.05) is 33.1 Å². The number of hydrogen-bond donors (Lipinski definition) is 2. The van der Waals surface area contributed by atoms with Gasteiger partial charge in [-0.15, -0.1) is 0 Å². The van der Waals surface area contributed by atoms with E-state index in [2.05, 4.69) is 24.7 Å². The Morgan fingerprint density at radius 2 is 1.50 bits per heavy atom. The van der Waals surface area contributed by atoms with E-state index in [-0.39, 0.29) is 0 Å². The van der Waals surface area contributed by atoms with Crippen LogP contribution in [0.4, 0.5) is 0 Å². The lowest BCUT2D eigenvalue weighted by Gasteiger charge is -1.81. The zero-order valence-electron chi connectivity index (χ0n) is 7.24. The molecule has 1 saturated heterocycles. The molecule has 62 valence electrons. The van der Waals surface area contributed by atoms with Crippen LogP contribution in [0.5, 0.6) is 0 Å². The number of nitrogens with one attached hydrogen (secondary N) is 2. The predicted octanol–water partition coefficient (Wildman–Crippen LogP) is 1.68. The van der Waals surface area contributed by atoms with Crippen LogP contribution in [0.3, 0.4) is 0 Å². The molecule has 10 heavy (non-hydrogen) atoms. The number of rotatable bonds is 2. The maximum Gasteiger partial charge on any atom is 0.0112 e. The summed E-state index contributed by atoms with van der Waals surface area (Å²) >= 11 is 0. The summed E-state index contributed by atoms with van der Waals surface area (Å²) in [5.74, 6) is 0. The molecule has 0 aromatic rings. The minimum absolute atomic E-state index is 1.14. The van der Waals surface area contributed by atoms with Crippen LogP contribution in [0.25, 0.3) is 0 Å². The Morgan fingerprint density at radius 3 is 1.60 bits per heavy atom. The molecule has 1 fully saturated rings. The zero-order valence-corrected chi connectivity index (χ0v) is 7.24. The third-order valence-electron chi connectivity index (χ3n) is 1.44. The molecule has 2 N–H and O–H groups in total. The van der Waals surface area contributed by atoms with Crippen LogP contribution < -0.4 is 10.9 Å². The molecule has 0 aromatic carbocycles. The summed E-state index contributed by atoms with van der Waals surface area (Å²) in [6.07, 6.45) is 5.35. The zero-order chi connectivity index (χ0) is 7.66. The van der Waals surface area contributed by atoms with E-state index < -0.39 is 0 Å². The largest absolute Gasteiger partial charge is 0.258 e. The molecule has 2 nitrogen and oxygen atoms in total. The summed E-state index contributed by atoms with van der Waals surface area (Å²) in [5.41, 5.74) is 5.94. The molecule has 1 rings (SSSR count). The van der Waals surface area contributed by atoms with Gasteiger partial charge in [0.2, 0.25) is 0 Å². The molecule has 0 aliphatic carbocycles. The van der Waals surface area contributed by atoms with Crippen molar-refractivity contribution in [2.45, 2.75) is 39.5 Å². The molecule has 0 atom stereocenters. The summed E-state index contributed by atoms with van der Waals surface area (Å²) in [6.45, 7) is 6.70. The first-order chi connectivity index (χ1) is 4.91. The van der Waals surface area contributed by atoms with E-state index in [0.29, 0.717) is 0 Å². The normalized spacial score (nSPS) is 16.2. The highest BCUT2D eigenvalue weighted by Crippen LogP contribution is 1.88. The Bertz CT molecular complexity index is 41.6. The van der Waals surface area contributed by atoms with E-state index in [1.807, 2.05) is 0 Å². The van der Waals surface area contributed by atoms with Crippen LogP contribution in [0.2, 0.25) is 0 Å². The Morgan fingerprint density at radius 1 is 1.00 bits per heavy atom. The molecule has 0 spiro atoms. The fraction of sp³-hybridized carbons (Fsp3) is 1.00. The lowest BCUT2D eigenvalue weighted by Crippen LogP contribution is -2.21. The lowest BCUT2D eigenvalue weighted by molar-refractivity contribution is 0.689. The minimum Gasteiger partial charge on any atom is -0.258 e. The maximum atomic E-state index is 2.97. The summed E-state index contributed by atoms with van der Waals surface area (Å²) in [6, 6.07) is 0. The number of unbranched alkanes of at least 4 members (excludes halogenated alkanes) is 2. The van der Waals surface area contributed by atoms with Crippen LogP contribution in [0.15, 0.2) is 0 Å². The fourth-order valence-electron chi connectivity index (χ4n) is 0.795. The Labute approximate surface area is 64.4 Å². The van der Waals surface area contributed by atoms with E-state index in [1.54, 1.807) is 0 Å². The second-order valence-corrected chi connectivity index (χ2v) is 2.56. The molecule has 1 aliphatic heterocycles. The smallest absolute Gasteiger partial charge is 0.0112 e. The van der Waals surface area contributed by atoms with Crippen molar-refractivity contribution < 1.29 is 0 Å². The van der Waals surface area contributed by atoms with Gasteiger partial charge in [-0.05, 0) is 6.42 Å². The van der Waals surface area contributed by atoms with Gasteiger partial charge in [-0.2, -0.15) is 0 Å². The van der Waals surface area contributed by atoms with Crippen molar-refractivity contribution >= 4 is 0 Å². The minimum atomic E-state index is 1.14. The standard InChI is InChI=1S/C5H12.C3H8N2/c1-3-5-4-2;1-2-4-5-3-1/h3-5H2,1-2H3;4-5H,1-3H2. The molecule has 2 heteroatoms. The van der Waals surface area contributed by atoms with Gasteiger partial charge >= 0.3 is 0 Å². The molecule has 0 unspecified atom stereocenters. The summed E-state index contributed by atoms with van der Waals surface area (Å²) in [4.78, 5) is 0. The highest BCUT2D eigenvalue weighted by molar-refractivity contribution is 4.51. The molecule has 0 bridgehead atoms. The van der Waals surface area contributed by atoms with Crippen molar-refractivity contribution in [3.05, 3.63) is 0 Å². The SMILES string of the molecule is C1CNNC1.CCCCC. The quantitative estimate of drug-likeness (QED) is 0.616. The lowest BCUT2D eigenvalue weighted by atomic mass is 10.3. The topological polar surface area (TPSA) is 24.1 Å². The van der Waals surface area contributed by atoms with Gasteiger partial charge < -0.3 is 0 Å². The van der Waals surface area contributed by atoms with Gasteiger partial charge in [-0.3, -0.25) is 10.9 Å². The second kappa shape index (κ2) is 8.92. The van der Waals surface area contributed by atoms with Gasteiger partial charge in [0.1, 0.15) is 0 Å². The Kier molecular flexibility index (Phi) is 8.85. The number of hydrogen-bond acceptors (Lipinski definition) is 2. The molecule has 0 saturated carbocycles. The highest BCUT2D eigenvalue weighted by Gasteiger charge is 1.91. The van der Waals surface area contributed by atoms with Crippen molar-refractivity contribution in [3.8, 4) is 0 Å². The van der Waals surface area contributed by atoms with Crippen LogP contribution in [-0.2, 0) is 0 Å². The average molecular weight is 144 g/mol. The maximum absolute atomic E-state index is 2.97. The van der Waals surface area contributed by atoms with E-state index in [0.717, 1.165) is 13.1 Å². The highest BCUT2D eigenvalue weighted by atomic mass is 15.4. The predicted molar refractivity (Wildman–Crippen MR) is 45.8 cm³/mol. The summed E-state index contributed by atoms with van der Waals surface area (Å²) < 4.78 is 0. The van der Waals surface area contributed by atoms with E-state index in [4.69, 9.17) is 0 Å². The molecule has 0 radical (unpaired) electrons. The molecule has 1 heterocycles. The first kappa shape index (κ1) is 9.92. The van der Waals surface area contributed by atoms with E-state index in [9.17, 15) is 0 Å². The molecule has 0 aromatic heterocycles. The van der Waals surface area contributed by atoms with Crippen molar-refractivity contribution in [2.75, 3.05) is 13.1 Å². The van der Waals surface area contributed by atoms with Crippen molar-refractivity contribution in [2.24, 2.45) is 0 Å². The molecule has 0 amide bonds. The number of hydrazine groups is 1. The van der Waals surface area contributed by atoms with E-state index >= 15 is 0 Å². The Hall–Kier alpha value is -0.0800. The Balaban J connectivity index is 0.000000162. The van der Waals surface area contributed by atoms with Gasteiger partial charge in [0.25, 0.3) is 0 Å². The van der Waals surface area contributed by atoms with Gasteiger partial charge in [0.15, 0.2) is 0 Å². The van der Waals surface area contributed by atoms with E-state index in [1.165, 1.54) is 25.7 Å². The van der Waals surface area contributed by atoms with Crippen molar-refractivity contribution in [1.29, 1.82) is 0 Å².